The number of pyridine rings is 1. The molecule has 0 saturated heterocycles. The van der Waals surface area contributed by atoms with Crippen molar-refractivity contribution in [3.8, 4) is 11.4 Å². The maximum atomic E-state index is 14.9. The van der Waals surface area contributed by atoms with Crippen molar-refractivity contribution >= 4 is 16.6 Å². The number of fused-ring (bicyclic) bond motifs is 1. The van der Waals surface area contributed by atoms with Gasteiger partial charge in [0.15, 0.2) is 0 Å². The molecule has 2 heterocycles. The van der Waals surface area contributed by atoms with E-state index < -0.39 is 28.8 Å². The standard InChI is InChI=1S/C28H21F5N4O2/c1-36(2)24-13-23-19(12-22(24)30)26(38)20(27-34-25(39-35-27)10-16-6-4-3-5-7-16)15-37(23)14-17-8-9-18(11-21(17)29)28(31,32)33/h3-9,11-13,15H,10,14H2,1-2H3. The molecule has 3 aromatic carbocycles. The summed E-state index contributed by atoms with van der Waals surface area (Å²) < 4.78 is 75.6. The molecule has 0 saturated carbocycles. The van der Waals surface area contributed by atoms with Gasteiger partial charge in [-0.25, -0.2) is 8.78 Å². The van der Waals surface area contributed by atoms with Crippen LogP contribution in [0, 0.1) is 11.6 Å². The molecule has 0 aliphatic rings. The summed E-state index contributed by atoms with van der Waals surface area (Å²) in [6.07, 6.45) is -3.02. The predicted molar refractivity (Wildman–Crippen MR) is 136 cm³/mol. The van der Waals surface area contributed by atoms with E-state index in [0.29, 0.717) is 12.5 Å². The van der Waals surface area contributed by atoms with Gasteiger partial charge >= 0.3 is 6.18 Å². The third kappa shape index (κ3) is 5.25. The van der Waals surface area contributed by atoms with Crippen molar-refractivity contribution in [2.75, 3.05) is 19.0 Å². The second kappa shape index (κ2) is 9.97. The van der Waals surface area contributed by atoms with Crippen LogP contribution >= 0.6 is 0 Å². The highest BCUT2D eigenvalue weighted by Crippen LogP contribution is 2.31. The lowest BCUT2D eigenvalue weighted by atomic mass is 10.1. The molecule has 0 N–H and O–H groups in total. The van der Waals surface area contributed by atoms with Gasteiger partial charge < -0.3 is 14.0 Å². The number of alkyl halides is 3. The van der Waals surface area contributed by atoms with Gasteiger partial charge in [-0.05, 0) is 29.8 Å². The van der Waals surface area contributed by atoms with Crippen molar-refractivity contribution in [2.45, 2.75) is 19.1 Å². The Bertz CT molecular complexity index is 1730. The topological polar surface area (TPSA) is 64.2 Å². The first-order valence-corrected chi connectivity index (χ1v) is 11.8. The van der Waals surface area contributed by atoms with Gasteiger partial charge in [-0.15, -0.1) is 0 Å². The molecule has 0 unspecified atom stereocenters. The van der Waals surface area contributed by atoms with E-state index in [9.17, 15) is 26.7 Å². The summed E-state index contributed by atoms with van der Waals surface area (Å²) >= 11 is 0. The Balaban J connectivity index is 1.64. The summed E-state index contributed by atoms with van der Waals surface area (Å²) in [4.78, 5) is 19.3. The minimum absolute atomic E-state index is 0.0303. The van der Waals surface area contributed by atoms with Gasteiger partial charge in [0.25, 0.3) is 0 Å². The lowest BCUT2D eigenvalue weighted by Crippen LogP contribution is -2.17. The van der Waals surface area contributed by atoms with Crippen molar-refractivity contribution in [3.63, 3.8) is 0 Å². The summed E-state index contributed by atoms with van der Waals surface area (Å²) in [5.41, 5.74) is -0.474. The number of aromatic nitrogens is 3. The maximum absolute atomic E-state index is 14.9. The number of nitrogens with zero attached hydrogens (tertiary/aromatic N) is 4. The summed E-state index contributed by atoms with van der Waals surface area (Å²) in [5, 5.41) is 3.89. The van der Waals surface area contributed by atoms with Gasteiger partial charge in [-0.3, -0.25) is 4.79 Å². The van der Waals surface area contributed by atoms with Crippen molar-refractivity contribution in [3.05, 3.63) is 111 Å². The average Bonchev–Trinajstić information content (AvgIpc) is 3.34. The maximum Gasteiger partial charge on any atom is 0.416 e. The fraction of sp³-hybridized carbons (Fsp3) is 0.179. The minimum atomic E-state index is -4.70. The molecule has 0 amide bonds. The van der Waals surface area contributed by atoms with E-state index in [4.69, 9.17) is 4.52 Å². The summed E-state index contributed by atoms with van der Waals surface area (Å²) in [7, 11) is 3.23. The average molecular weight is 540 g/mol. The van der Waals surface area contributed by atoms with Crippen LogP contribution in [0.2, 0.25) is 0 Å². The molecule has 0 radical (unpaired) electrons. The molecule has 200 valence electrons. The number of rotatable bonds is 6. The number of hydrogen-bond acceptors (Lipinski definition) is 5. The Morgan fingerprint density at radius 1 is 0.974 bits per heavy atom. The zero-order valence-electron chi connectivity index (χ0n) is 20.8. The van der Waals surface area contributed by atoms with Crippen molar-refractivity contribution < 1.29 is 26.5 Å². The largest absolute Gasteiger partial charge is 0.416 e. The minimum Gasteiger partial charge on any atom is -0.375 e. The van der Waals surface area contributed by atoms with Gasteiger partial charge in [0.1, 0.15) is 11.6 Å². The molecule has 39 heavy (non-hydrogen) atoms. The second-order valence-corrected chi connectivity index (χ2v) is 9.19. The molecule has 0 fully saturated rings. The summed E-state index contributed by atoms with van der Waals surface area (Å²) in [6, 6.07) is 14.0. The normalized spacial score (nSPS) is 11.8. The molecule has 6 nitrogen and oxygen atoms in total. The highest BCUT2D eigenvalue weighted by atomic mass is 19.4. The van der Waals surface area contributed by atoms with Crippen molar-refractivity contribution in [2.24, 2.45) is 0 Å². The number of anilines is 1. The van der Waals surface area contributed by atoms with Crippen LogP contribution in [0.3, 0.4) is 0 Å². The van der Waals surface area contributed by atoms with E-state index in [2.05, 4.69) is 10.1 Å². The molecule has 0 atom stereocenters. The van der Waals surface area contributed by atoms with Crippen LogP contribution < -0.4 is 10.3 Å². The van der Waals surface area contributed by atoms with Gasteiger partial charge in [0.05, 0.1) is 35.3 Å². The Morgan fingerprint density at radius 2 is 1.72 bits per heavy atom. The fourth-order valence-electron chi connectivity index (χ4n) is 4.27. The van der Waals surface area contributed by atoms with Crippen molar-refractivity contribution in [1.29, 1.82) is 0 Å². The molecular formula is C28H21F5N4O2. The number of hydrogen-bond donors (Lipinski definition) is 0. The SMILES string of the molecule is CN(C)c1cc2c(cc1F)c(=O)c(-c1noc(Cc3ccccc3)n1)cn2Cc1ccc(C(F)(F)F)cc1F. The van der Waals surface area contributed by atoms with E-state index in [0.717, 1.165) is 23.8 Å². The molecule has 5 aromatic rings. The third-order valence-corrected chi connectivity index (χ3v) is 6.26. The van der Waals surface area contributed by atoms with Crippen LogP contribution in [-0.2, 0) is 19.1 Å². The van der Waals surface area contributed by atoms with Crippen molar-refractivity contribution in [1.82, 2.24) is 14.7 Å². The Morgan fingerprint density at radius 3 is 2.38 bits per heavy atom. The first-order valence-electron chi connectivity index (χ1n) is 11.8. The first kappa shape index (κ1) is 26.1. The lowest BCUT2D eigenvalue weighted by Gasteiger charge is -2.18. The molecule has 11 heteroatoms. The zero-order valence-corrected chi connectivity index (χ0v) is 20.8. The van der Waals surface area contributed by atoms with E-state index in [1.165, 1.54) is 21.7 Å². The molecule has 2 aromatic heterocycles. The smallest absolute Gasteiger partial charge is 0.375 e. The molecule has 5 rings (SSSR count). The summed E-state index contributed by atoms with van der Waals surface area (Å²) in [6.45, 7) is -0.249. The monoisotopic (exact) mass is 540 g/mol. The Labute approximate surface area is 218 Å². The summed E-state index contributed by atoms with van der Waals surface area (Å²) in [5.74, 6) is -1.54. The third-order valence-electron chi connectivity index (χ3n) is 6.26. The van der Waals surface area contributed by atoms with E-state index in [1.807, 2.05) is 30.3 Å². The van der Waals surface area contributed by atoms with Crippen LogP contribution in [0.4, 0.5) is 27.6 Å². The van der Waals surface area contributed by atoms with Crippen LogP contribution in [-0.4, -0.2) is 28.8 Å². The highest BCUT2D eigenvalue weighted by Gasteiger charge is 2.31. The fourth-order valence-corrected chi connectivity index (χ4v) is 4.27. The predicted octanol–water partition coefficient (Wildman–Crippen LogP) is 6.05. The number of halogens is 5. The van der Waals surface area contributed by atoms with Crippen LogP contribution in [0.25, 0.3) is 22.3 Å². The highest BCUT2D eigenvalue weighted by molar-refractivity contribution is 5.86. The van der Waals surface area contributed by atoms with Gasteiger partial charge in [-0.1, -0.05) is 41.6 Å². The Kier molecular flexibility index (Phi) is 6.67. The van der Waals surface area contributed by atoms with Crippen LogP contribution in [0.5, 0.6) is 0 Å². The molecule has 0 spiro atoms. The van der Waals surface area contributed by atoms with E-state index in [1.54, 1.807) is 14.1 Å². The van der Waals surface area contributed by atoms with Gasteiger partial charge in [-0.2, -0.15) is 18.2 Å². The van der Waals surface area contributed by atoms with E-state index >= 15 is 0 Å². The quantitative estimate of drug-likeness (QED) is 0.245. The van der Waals surface area contributed by atoms with Crippen LogP contribution in [0.15, 0.2) is 76.2 Å². The van der Waals surface area contributed by atoms with Gasteiger partial charge in [0.2, 0.25) is 17.1 Å². The molecule has 0 bridgehead atoms. The zero-order chi connectivity index (χ0) is 27.9. The Hall–Kier alpha value is -4.54. The molecular weight excluding hydrogens is 519 g/mol. The van der Waals surface area contributed by atoms with Gasteiger partial charge in [0, 0.05) is 31.2 Å². The molecule has 0 aliphatic carbocycles. The van der Waals surface area contributed by atoms with Crippen LogP contribution in [0.1, 0.15) is 22.6 Å². The first-order chi connectivity index (χ1) is 18.5. The second-order valence-electron chi connectivity index (χ2n) is 9.19. The van der Waals surface area contributed by atoms with E-state index in [-0.39, 0.29) is 46.0 Å². The number of benzene rings is 3. The molecule has 0 aliphatic heterocycles. The lowest BCUT2D eigenvalue weighted by molar-refractivity contribution is -0.137.